The lowest BCUT2D eigenvalue weighted by Crippen LogP contribution is -2.43. The predicted molar refractivity (Wildman–Crippen MR) is 87.9 cm³/mol. The molecule has 2 aromatic rings. The maximum atomic E-state index is 13.8. The lowest BCUT2D eigenvalue weighted by Gasteiger charge is -2.30. The van der Waals surface area contributed by atoms with Crippen LogP contribution in [0.3, 0.4) is 0 Å². The molecule has 1 amide bonds. The van der Waals surface area contributed by atoms with E-state index in [0.29, 0.717) is 11.1 Å². The van der Waals surface area contributed by atoms with Crippen LogP contribution in [0.4, 0.5) is 13.2 Å². The molecular formula is C18H19F3N2O2. The second-order valence-corrected chi connectivity index (χ2v) is 6.87. The number of halogens is 3. The summed E-state index contributed by atoms with van der Waals surface area (Å²) in [6, 6.07) is 7.92. The highest BCUT2D eigenvalue weighted by molar-refractivity contribution is 5.85. The molecule has 0 radical (unpaired) electrons. The van der Waals surface area contributed by atoms with E-state index in [1.54, 1.807) is 38.1 Å². The highest BCUT2D eigenvalue weighted by Gasteiger charge is 2.51. The molecule has 1 aliphatic rings. The van der Waals surface area contributed by atoms with Crippen molar-refractivity contribution < 1.29 is 22.7 Å². The number of carbonyl (C=O) groups is 1. The van der Waals surface area contributed by atoms with E-state index in [4.69, 9.17) is 4.74 Å². The third kappa shape index (κ3) is 3.28. The molecule has 0 bridgehead atoms. The summed E-state index contributed by atoms with van der Waals surface area (Å²) < 4.78 is 46.4. The average molecular weight is 352 g/mol. The molecular weight excluding hydrogens is 333 g/mol. The number of ether oxygens (including phenoxy) is 1. The maximum absolute atomic E-state index is 13.8. The van der Waals surface area contributed by atoms with E-state index in [1.165, 1.54) is 19.2 Å². The monoisotopic (exact) mass is 352 g/mol. The van der Waals surface area contributed by atoms with Gasteiger partial charge in [0, 0.05) is 6.54 Å². The van der Waals surface area contributed by atoms with Crippen molar-refractivity contribution in [1.29, 1.82) is 0 Å². The quantitative estimate of drug-likeness (QED) is 0.913. The van der Waals surface area contributed by atoms with Gasteiger partial charge in [0.2, 0.25) is 5.91 Å². The van der Waals surface area contributed by atoms with Crippen molar-refractivity contribution in [2.24, 2.45) is 5.41 Å². The van der Waals surface area contributed by atoms with Crippen molar-refractivity contribution in [1.82, 2.24) is 10.4 Å². The summed E-state index contributed by atoms with van der Waals surface area (Å²) in [5.74, 6) is 0.160. The Kier molecular flexibility index (Phi) is 4.15. The molecule has 0 aliphatic carbocycles. The van der Waals surface area contributed by atoms with Gasteiger partial charge in [0.1, 0.15) is 11.8 Å². The van der Waals surface area contributed by atoms with E-state index in [2.05, 4.69) is 5.43 Å². The van der Waals surface area contributed by atoms with Gasteiger partial charge in [-0.1, -0.05) is 18.2 Å². The lowest BCUT2D eigenvalue weighted by molar-refractivity contribution is -0.191. The first kappa shape index (κ1) is 17.5. The van der Waals surface area contributed by atoms with Gasteiger partial charge < -0.3 is 4.74 Å². The number of nitrogens with zero attached hydrogens (tertiary/aromatic N) is 1. The number of hydrogen-bond donors (Lipinski definition) is 1. The molecule has 1 aliphatic heterocycles. The van der Waals surface area contributed by atoms with Crippen molar-refractivity contribution in [3.8, 4) is 5.75 Å². The SMILES string of the molecule is COc1ccc2ccc(C(N3CC(C)(C)C(=O)N3)C(F)(F)F)cc2c1. The Bertz CT molecular complexity index is 818. The van der Waals surface area contributed by atoms with Crippen LogP contribution >= 0.6 is 0 Å². The Morgan fingerprint density at radius 1 is 1.16 bits per heavy atom. The Morgan fingerprint density at radius 3 is 2.40 bits per heavy atom. The largest absolute Gasteiger partial charge is 0.497 e. The number of alkyl halides is 3. The first-order valence-electron chi connectivity index (χ1n) is 7.84. The second-order valence-electron chi connectivity index (χ2n) is 6.87. The molecule has 4 nitrogen and oxygen atoms in total. The number of carbonyl (C=O) groups excluding carboxylic acids is 1. The number of benzene rings is 2. The van der Waals surface area contributed by atoms with E-state index in [1.807, 2.05) is 0 Å². The normalized spacial score (nSPS) is 19.0. The van der Waals surface area contributed by atoms with Crippen LogP contribution in [-0.2, 0) is 4.79 Å². The minimum Gasteiger partial charge on any atom is -0.497 e. The topological polar surface area (TPSA) is 41.6 Å². The van der Waals surface area contributed by atoms with E-state index >= 15 is 0 Å². The van der Waals surface area contributed by atoms with Crippen molar-refractivity contribution in [3.63, 3.8) is 0 Å². The minimum absolute atomic E-state index is 0.0217. The number of amides is 1. The molecule has 0 spiro atoms. The first-order valence-corrected chi connectivity index (χ1v) is 7.84. The van der Waals surface area contributed by atoms with E-state index < -0.39 is 23.5 Å². The first-order chi connectivity index (χ1) is 11.6. The lowest BCUT2D eigenvalue weighted by atomic mass is 9.93. The summed E-state index contributed by atoms with van der Waals surface area (Å²) in [5, 5.41) is 2.44. The summed E-state index contributed by atoms with van der Waals surface area (Å²) in [7, 11) is 1.51. The molecule has 1 atom stereocenters. The number of methoxy groups -OCH3 is 1. The van der Waals surface area contributed by atoms with Gasteiger partial charge in [-0.15, -0.1) is 0 Å². The Hall–Kier alpha value is -2.28. The van der Waals surface area contributed by atoms with Crippen LogP contribution in [0.5, 0.6) is 5.75 Å². The highest BCUT2D eigenvalue weighted by Crippen LogP contribution is 2.41. The van der Waals surface area contributed by atoms with Crippen LogP contribution < -0.4 is 10.2 Å². The standard InChI is InChI=1S/C18H19F3N2O2/c1-17(2)10-23(22-16(17)24)15(18(19,20)21)12-5-4-11-6-7-14(25-3)9-13(11)8-12/h4-9,15H,10H2,1-3H3,(H,22,24). The maximum Gasteiger partial charge on any atom is 0.409 e. The van der Waals surface area contributed by atoms with Crippen LogP contribution in [0.2, 0.25) is 0 Å². The Labute approximate surface area is 143 Å². The summed E-state index contributed by atoms with van der Waals surface area (Å²) >= 11 is 0. The highest BCUT2D eigenvalue weighted by atomic mass is 19.4. The van der Waals surface area contributed by atoms with Crippen molar-refractivity contribution in [2.75, 3.05) is 13.7 Å². The molecule has 1 saturated heterocycles. The fraction of sp³-hybridized carbons (Fsp3) is 0.389. The molecule has 1 N–H and O–H groups in total. The Balaban J connectivity index is 2.05. The summed E-state index contributed by atoms with van der Waals surface area (Å²) in [6.07, 6.45) is -4.53. The molecule has 0 aromatic heterocycles. The summed E-state index contributed by atoms with van der Waals surface area (Å²) in [6.45, 7) is 3.23. The molecule has 1 heterocycles. The van der Waals surface area contributed by atoms with Crippen molar-refractivity contribution in [2.45, 2.75) is 26.1 Å². The molecule has 25 heavy (non-hydrogen) atoms. The third-order valence-electron chi connectivity index (χ3n) is 4.43. The van der Waals surface area contributed by atoms with Gasteiger partial charge in [0.15, 0.2) is 0 Å². The summed E-state index contributed by atoms with van der Waals surface area (Å²) in [5.41, 5.74) is 1.57. The Morgan fingerprint density at radius 2 is 1.84 bits per heavy atom. The van der Waals surface area contributed by atoms with Crippen molar-refractivity contribution >= 4 is 16.7 Å². The number of hydrogen-bond acceptors (Lipinski definition) is 3. The van der Waals surface area contributed by atoms with Gasteiger partial charge in [-0.25, -0.2) is 5.01 Å². The number of rotatable bonds is 3. The molecule has 1 fully saturated rings. The average Bonchev–Trinajstić information content (AvgIpc) is 2.78. The van der Waals surface area contributed by atoms with Gasteiger partial charge >= 0.3 is 6.18 Å². The van der Waals surface area contributed by atoms with Crippen LogP contribution in [0.25, 0.3) is 10.8 Å². The molecule has 1 unspecified atom stereocenters. The van der Waals surface area contributed by atoms with Crippen LogP contribution in [0.15, 0.2) is 36.4 Å². The van der Waals surface area contributed by atoms with Crippen LogP contribution in [0, 0.1) is 5.41 Å². The molecule has 2 aromatic carbocycles. The van der Waals surface area contributed by atoms with E-state index in [0.717, 1.165) is 10.4 Å². The molecule has 3 rings (SSSR count). The number of fused-ring (bicyclic) bond motifs is 1. The van der Waals surface area contributed by atoms with Crippen LogP contribution in [0.1, 0.15) is 25.5 Å². The molecule has 7 heteroatoms. The van der Waals surface area contributed by atoms with Gasteiger partial charge in [-0.05, 0) is 48.4 Å². The summed E-state index contributed by atoms with van der Waals surface area (Å²) in [4.78, 5) is 11.9. The van der Waals surface area contributed by atoms with Crippen molar-refractivity contribution in [3.05, 3.63) is 42.0 Å². The predicted octanol–water partition coefficient (Wildman–Crippen LogP) is 3.82. The zero-order chi connectivity index (χ0) is 18.4. The van der Waals surface area contributed by atoms with Crippen LogP contribution in [-0.4, -0.2) is 30.7 Å². The number of nitrogens with one attached hydrogen (secondary N) is 1. The smallest absolute Gasteiger partial charge is 0.409 e. The van der Waals surface area contributed by atoms with Gasteiger partial charge in [-0.3, -0.25) is 10.2 Å². The number of hydrazine groups is 1. The third-order valence-corrected chi connectivity index (χ3v) is 4.43. The molecule has 0 saturated carbocycles. The van der Waals surface area contributed by atoms with E-state index in [-0.39, 0.29) is 12.1 Å². The molecule has 134 valence electrons. The zero-order valence-electron chi connectivity index (χ0n) is 14.1. The fourth-order valence-electron chi connectivity index (χ4n) is 3.06. The van der Waals surface area contributed by atoms with Gasteiger partial charge in [-0.2, -0.15) is 13.2 Å². The van der Waals surface area contributed by atoms with E-state index in [9.17, 15) is 18.0 Å². The van der Waals surface area contributed by atoms with Gasteiger partial charge in [0.25, 0.3) is 0 Å². The second kappa shape index (κ2) is 5.91. The fourth-order valence-corrected chi connectivity index (χ4v) is 3.06. The minimum atomic E-state index is -4.53. The van der Waals surface area contributed by atoms with Gasteiger partial charge in [0.05, 0.1) is 12.5 Å². The zero-order valence-corrected chi connectivity index (χ0v) is 14.1.